The average Bonchev–Trinajstić information content (AvgIpc) is 3.16. The monoisotopic (exact) mass is 376 g/mol. The van der Waals surface area contributed by atoms with Crippen molar-refractivity contribution in [1.29, 1.82) is 0 Å². The van der Waals surface area contributed by atoms with Gasteiger partial charge in [0.1, 0.15) is 0 Å². The van der Waals surface area contributed by atoms with E-state index < -0.39 is 0 Å². The number of carbonyl (C=O) groups is 2. The Kier molecular flexibility index (Phi) is 6.82. The molecule has 0 spiro atoms. The van der Waals surface area contributed by atoms with Crippen LogP contribution in [0.2, 0.25) is 0 Å². The normalized spacial score (nSPS) is 19.4. The number of nitrogens with zero attached hydrogens (tertiary/aromatic N) is 5. The molecule has 2 heterocycles. The summed E-state index contributed by atoms with van der Waals surface area (Å²) in [4.78, 5) is 29.0. The van der Waals surface area contributed by atoms with E-state index >= 15 is 0 Å². The van der Waals surface area contributed by atoms with Crippen molar-refractivity contribution in [1.82, 2.24) is 30.1 Å². The number of hydrogen-bond donors (Lipinski definition) is 1. The molecule has 1 N–H and O–H groups in total. The molecular formula is C19H32N6O2. The molecule has 0 atom stereocenters. The van der Waals surface area contributed by atoms with Crippen molar-refractivity contribution in [2.45, 2.75) is 58.5 Å². The van der Waals surface area contributed by atoms with Crippen LogP contribution in [0.4, 0.5) is 0 Å². The minimum atomic E-state index is -0.189. The van der Waals surface area contributed by atoms with E-state index in [0.717, 1.165) is 45.6 Å². The maximum Gasteiger partial charge on any atom is 0.273 e. The second-order valence-electron chi connectivity index (χ2n) is 8.00. The Balaban J connectivity index is 1.40. The summed E-state index contributed by atoms with van der Waals surface area (Å²) in [7, 11) is 0. The molecule has 0 aromatic carbocycles. The van der Waals surface area contributed by atoms with Gasteiger partial charge in [0, 0.05) is 44.7 Å². The number of aromatic nitrogens is 3. The molecular weight excluding hydrogens is 344 g/mol. The number of piperazine rings is 1. The van der Waals surface area contributed by atoms with Gasteiger partial charge in [-0.2, -0.15) is 0 Å². The van der Waals surface area contributed by atoms with Gasteiger partial charge in [-0.25, -0.2) is 0 Å². The van der Waals surface area contributed by atoms with Crippen molar-refractivity contribution < 1.29 is 9.59 Å². The zero-order chi connectivity index (χ0) is 19.2. The summed E-state index contributed by atoms with van der Waals surface area (Å²) in [5, 5.41) is 10.8. The maximum atomic E-state index is 12.6. The van der Waals surface area contributed by atoms with Crippen LogP contribution in [0.15, 0.2) is 6.20 Å². The van der Waals surface area contributed by atoms with Gasteiger partial charge in [0.15, 0.2) is 5.69 Å². The van der Waals surface area contributed by atoms with Gasteiger partial charge in [0.25, 0.3) is 5.91 Å². The molecule has 0 unspecified atom stereocenters. The van der Waals surface area contributed by atoms with Crippen LogP contribution in [-0.2, 0) is 11.3 Å². The molecule has 0 bridgehead atoms. The summed E-state index contributed by atoms with van der Waals surface area (Å²) in [6.07, 6.45) is 7.51. The fourth-order valence-electron chi connectivity index (χ4n) is 3.89. The zero-order valence-corrected chi connectivity index (χ0v) is 16.6. The smallest absolute Gasteiger partial charge is 0.273 e. The summed E-state index contributed by atoms with van der Waals surface area (Å²) in [6.45, 7) is 8.80. The Morgan fingerprint density at radius 2 is 1.81 bits per heavy atom. The second-order valence-corrected chi connectivity index (χ2v) is 8.00. The number of carbonyl (C=O) groups excluding carboxylic acids is 2. The van der Waals surface area contributed by atoms with E-state index in [1.165, 1.54) is 19.3 Å². The number of hydrogen-bond acceptors (Lipinski definition) is 5. The minimum absolute atomic E-state index is 0.0790. The predicted octanol–water partition coefficient (Wildman–Crippen LogP) is 1.14. The lowest BCUT2D eigenvalue weighted by Gasteiger charge is -2.37. The topological polar surface area (TPSA) is 83.4 Å². The molecule has 1 aliphatic carbocycles. The molecule has 1 aromatic heterocycles. The van der Waals surface area contributed by atoms with E-state index in [-0.39, 0.29) is 17.9 Å². The third-order valence-corrected chi connectivity index (χ3v) is 5.47. The first-order chi connectivity index (χ1) is 13.0. The lowest BCUT2D eigenvalue weighted by Crippen LogP contribution is -2.51. The Bertz CT molecular complexity index is 630. The molecule has 8 nitrogen and oxygen atoms in total. The van der Waals surface area contributed by atoms with Gasteiger partial charge in [-0.1, -0.05) is 24.5 Å². The van der Waals surface area contributed by atoms with E-state index in [4.69, 9.17) is 0 Å². The molecule has 3 rings (SSSR count). The molecule has 1 saturated carbocycles. The van der Waals surface area contributed by atoms with Crippen molar-refractivity contribution in [2.75, 3.05) is 32.7 Å². The molecule has 27 heavy (non-hydrogen) atoms. The van der Waals surface area contributed by atoms with E-state index in [2.05, 4.69) is 25.4 Å². The van der Waals surface area contributed by atoms with Gasteiger partial charge in [0.2, 0.25) is 5.91 Å². The van der Waals surface area contributed by atoms with E-state index in [1.54, 1.807) is 10.9 Å². The molecule has 1 aliphatic heterocycles. The van der Waals surface area contributed by atoms with Gasteiger partial charge in [-0.05, 0) is 26.7 Å². The molecule has 8 heteroatoms. The highest BCUT2D eigenvalue weighted by molar-refractivity contribution is 5.91. The minimum Gasteiger partial charge on any atom is -0.348 e. The highest BCUT2D eigenvalue weighted by Gasteiger charge is 2.28. The van der Waals surface area contributed by atoms with Crippen LogP contribution in [0.1, 0.15) is 56.4 Å². The molecule has 150 valence electrons. The molecule has 1 saturated heterocycles. The lowest BCUT2D eigenvalue weighted by atomic mass is 9.88. The first-order valence-electron chi connectivity index (χ1n) is 10.2. The van der Waals surface area contributed by atoms with Crippen molar-refractivity contribution in [3.05, 3.63) is 11.9 Å². The number of nitrogens with one attached hydrogen (secondary N) is 1. The van der Waals surface area contributed by atoms with Gasteiger partial charge < -0.3 is 10.2 Å². The van der Waals surface area contributed by atoms with Crippen LogP contribution >= 0.6 is 0 Å². The van der Waals surface area contributed by atoms with Crippen molar-refractivity contribution in [3.8, 4) is 0 Å². The molecule has 0 radical (unpaired) electrons. The van der Waals surface area contributed by atoms with Crippen LogP contribution in [-0.4, -0.2) is 75.4 Å². The fraction of sp³-hybridized carbons (Fsp3) is 0.789. The quantitative estimate of drug-likeness (QED) is 0.805. The van der Waals surface area contributed by atoms with Crippen LogP contribution in [0.3, 0.4) is 0 Å². The van der Waals surface area contributed by atoms with Crippen LogP contribution in [0, 0.1) is 5.92 Å². The first-order valence-corrected chi connectivity index (χ1v) is 10.2. The third-order valence-electron chi connectivity index (χ3n) is 5.47. The summed E-state index contributed by atoms with van der Waals surface area (Å²) >= 11 is 0. The van der Waals surface area contributed by atoms with Crippen molar-refractivity contribution in [2.24, 2.45) is 5.92 Å². The van der Waals surface area contributed by atoms with Crippen LogP contribution in [0.5, 0.6) is 0 Å². The van der Waals surface area contributed by atoms with E-state index in [9.17, 15) is 9.59 Å². The Labute approximate surface area is 161 Å². The lowest BCUT2D eigenvalue weighted by molar-refractivity contribution is -0.138. The Morgan fingerprint density at radius 1 is 1.11 bits per heavy atom. The molecule has 1 aromatic rings. The van der Waals surface area contributed by atoms with E-state index in [0.29, 0.717) is 18.1 Å². The van der Waals surface area contributed by atoms with Crippen LogP contribution < -0.4 is 5.32 Å². The summed E-state index contributed by atoms with van der Waals surface area (Å²) in [5.74, 6) is 0.438. The molecule has 2 fully saturated rings. The first kappa shape index (κ1) is 19.8. The third kappa shape index (κ3) is 5.51. The van der Waals surface area contributed by atoms with Gasteiger partial charge >= 0.3 is 0 Å². The summed E-state index contributed by atoms with van der Waals surface area (Å²) in [6, 6.07) is 0.0790. The fourth-order valence-corrected chi connectivity index (χ4v) is 3.89. The second kappa shape index (κ2) is 9.30. The van der Waals surface area contributed by atoms with Crippen molar-refractivity contribution in [3.63, 3.8) is 0 Å². The largest absolute Gasteiger partial charge is 0.348 e. The number of rotatable bonds is 6. The molecule has 2 aliphatic rings. The highest BCUT2D eigenvalue weighted by atomic mass is 16.2. The van der Waals surface area contributed by atoms with Crippen molar-refractivity contribution >= 4 is 11.8 Å². The SMILES string of the molecule is CC(C)NC(=O)c1cn(CCN2CCN(C(=O)C3CCCCC3)CC2)nn1. The van der Waals surface area contributed by atoms with Gasteiger partial charge in [0.05, 0.1) is 12.7 Å². The Hall–Kier alpha value is -1.96. The summed E-state index contributed by atoms with van der Waals surface area (Å²) < 4.78 is 1.72. The van der Waals surface area contributed by atoms with Gasteiger partial charge in [-0.3, -0.25) is 19.2 Å². The Morgan fingerprint density at radius 3 is 2.48 bits per heavy atom. The average molecular weight is 377 g/mol. The van der Waals surface area contributed by atoms with Gasteiger partial charge in [-0.15, -0.1) is 5.10 Å². The number of amides is 2. The summed E-state index contributed by atoms with van der Waals surface area (Å²) in [5.41, 5.74) is 0.353. The molecule has 2 amide bonds. The van der Waals surface area contributed by atoms with E-state index in [1.807, 2.05) is 13.8 Å². The highest BCUT2D eigenvalue weighted by Crippen LogP contribution is 2.25. The van der Waals surface area contributed by atoms with Crippen LogP contribution in [0.25, 0.3) is 0 Å². The zero-order valence-electron chi connectivity index (χ0n) is 16.6. The maximum absolute atomic E-state index is 12.6. The predicted molar refractivity (Wildman–Crippen MR) is 102 cm³/mol. The standard InChI is InChI=1S/C19H32N6O2/c1-15(2)20-18(26)17-14-25(22-21-17)13-10-23-8-11-24(12-9-23)19(27)16-6-4-3-5-7-16/h14-16H,3-13H2,1-2H3,(H,20,26).